The smallest absolute Gasteiger partial charge is 0.264 e. The molecule has 0 saturated heterocycles. The van der Waals surface area contributed by atoms with Crippen molar-refractivity contribution in [2.24, 2.45) is 0 Å². The average Bonchev–Trinajstić information content (AvgIpc) is 2.97. The number of hydrogen-bond donors (Lipinski definition) is 1. The van der Waals surface area contributed by atoms with Gasteiger partial charge in [0.2, 0.25) is 11.8 Å². The summed E-state index contributed by atoms with van der Waals surface area (Å²) in [5, 5.41) is 3.47. The van der Waals surface area contributed by atoms with Crippen LogP contribution in [-0.2, 0) is 26.2 Å². The monoisotopic (exact) mass is 599 g/mol. The Labute approximate surface area is 248 Å². The van der Waals surface area contributed by atoms with Gasteiger partial charge in [0, 0.05) is 18.1 Å². The SMILES string of the molecule is CCCCNC(=O)[C@H](CC)N(Cc1ccc(Cl)cc1)C(=O)CN(c1ccc(OC)cc1)S(=O)(=O)c1ccc(C)cc1. The van der Waals surface area contributed by atoms with Gasteiger partial charge in [-0.1, -0.05) is 61.7 Å². The predicted octanol–water partition coefficient (Wildman–Crippen LogP) is 5.58. The highest BCUT2D eigenvalue weighted by molar-refractivity contribution is 7.92. The molecule has 0 spiro atoms. The van der Waals surface area contributed by atoms with Crippen molar-refractivity contribution in [2.75, 3.05) is 24.5 Å². The minimum Gasteiger partial charge on any atom is -0.497 e. The Kier molecular flexibility index (Phi) is 11.6. The zero-order valence-electron chi connectivity index (χ0n) is 24.0. The summed E-state index contributed by atoms with van der Waals surface area (Å²) in [5.41, 5.74) is 1.97. The van der Waals surface area contributed by atoms with E-state index in [1.54, 1.807) is 60.7 Å². The third-order valence-corrected chi connectivity index (χ3v) is 8.77. The topological polar surface area (TPSA) is 96.0 Å². The van der Waals surface area contributed by atoms with Crippen LogP contribution in [0.5, 0.6) is 5.75 Å². The van der Waals surface area contributed by atoms with Crippen LogP contribution in [0.15, 0.2) is 77.7 Å². The van der Waals surface area contributed by atoms with E-state index in [2.05, 4.69) is 5.32 Å². The normalized spacial score (nSPS) is 11.9. The Bertz CT molecular complexity index is 1400. The first-order valence-corrected chi connectivity index (χ1v) is 15.5. The number of hydrogen-bond acceptors (Lipinski definition) is 5. The van der Waals surface area contributed by atoms with Gasteiger partial charge < -0.3 is 15.0 Å². The molecule has 3 aromatic rings. The van der Waals surface area contributed by atoms with Crippen molar-refractivity contribution < 1.29 is 22.7 Å². The van der Waals surface area contributed by atoms with E-state index in [0.29, 0.717) is 29.4 Å². The standard InChI is InChI=1S/C31H38ClN3O5S/c1-5-7-20-33-31(37)29(6-2)34(21-24-10-12-25(32)13-11-24)30(36)22-35(26-14-16-27(40-4)17-15-26)41(38,39)28-18-8-23(3)9-19-28/h8-19,29H,5-7,20-22H2,1-4H3,(H,33,37)/t29-/m0/s1. The van der Waals surface area contributed by atoms with Gasteiger partial charge in [0.05, 0.1) is 17.7 Å². The van der Waals surface area contributed by atoms with E-state index in [1.165, 1.54) is 24.1 Å². The molecule has 2 amide bonds. The number of anilines is 1. The molecule has 0 fully saturated rings. The minimum atomic E-state index is -4.14. The van der Waals surface area contributed by atoms with Gasteiger partial charge in [0.25, 0.3) is 10.0 Å². The number of carbonyl (C=O) groups excluding carboxylic acids is 2. The highest BCUT2D eigenvalue weighted by atomic mass is 35.5. The number of amides is 2. The van der Waals surface area contributed by atoms with E-state index >= 15 is 0 Å². The van der Waals surface area contributed by atoms with Crippen molar-refractivity contribution in [3.8, 4) is 5.75 Å². The fourth-order valence-corrected chi connectivity index (χ4v) is 5.87. The number of sulfonamides is 1. The summed E-state index contributed by atoms with van der Waals surface area (Å²) in [4.78, 5) is 28.8. The predicted molar refractivity (Wildman–Crippen MR) is 163 cm³/mol. The number of benzene rings is 3. The number of nitrogens with one attached hydrogen (secondary N) is 1. The van der Waals surface area contributed by atoms with Gasteiger partial charge >= 0.3 is 0 Å². The van der Waals surface area contributed by atoms with Gasteiger partial charge in [-0.05, 0) is 73.9 Å². The van der Waals surface area contributed by atoms with Gasteiger partial charge in [-0.15, -0.1) is 0 Å². The van der Waals surface area contributed by atoms with Crippen LogP contribution in [0.25, 0.3) is 0 Å². The van der Waals surface area contributed by atoms with Crippen LogP contribution in [0.4, 0.5) is 5.69 Å². The quantitative estimate of drug-likeness (QED) is 0.244. The van der Waals surface area contributed by atoms with Gasteiger partial charge in [0.1, 0.15) is 18.3 Å². The maximum atomic E-state index is 14.1. The highest BCUT2D eigenvalue weighted by Gasteiger charge is 2.33. The second-order valence-corrected chi connectivity index (χ2v) is 12.0. The second kappa shape index (κ2) is 14.9. The van der Waals surface area contributed by atoms with Gasteiger partial charge in [0.15, 0.2) is 0 Å². The third kappa shape index (κ3) is 8.47. The maximum Gasteiger partial charge on any atom is 0.264 e. The number of unbranched alkanes of at least 4 members (excludes halogenated alkanes) is 1. The van der Waals surface area contributed by atoms with Crippen molar-refractivity contribution in [3.63, 3.8) is 0 Å². The Balaban J connectivity index is 2.03. The molecule has 10 heteroatoms. The molecule has 0 heterocycles. The van der Waals surface area contributed by atoms with Crippen LogP contribution < -0.4 is 14.4 Å². The first-order valence-electron chi connectivity index (χ1n) is 13.7. The molecule has 0 aliphatic heterocycles. The summed E-state index contributed by atoms with van der Waals surface area (Å²) < 4.78 is 34.2. The van der Waals surface area contributed by atoms with Gasteiger partial charge in [-0.3, -0.25) is 13.9 Å². The average molecular weight is 600 g/mol. The number of nitrogens with zero attached hydrogens (tertiary/aromatic N) is 2. The molecule has 1 N–H and O–H groups in total. The molecule has 8 nitrogen and oxygen atoms in total. The lowest BCUT2D eigenvalue weighted by atomic mass is 10.1. The van der Waals surface area contributed by atoms with Gasteiger partial charge in [-0.25, -0.2) is 8.42 Å². The van der Waals surface area contributed by atoms with Crippen molar-refractivity contribution in [3.05, 3.63) is 88.9 Å². The van der Waals surface area contributed by atoms with E-state index in [0.717, 1.165) is 28.3 Å². The second-order valence-electron chi connectivity index (χ2n) is 9.74. The lowest BCUT2D eigenvalue weighted by molar-refractivity contribution is -0.140. The largest absolute Gasteiger partial charge is 0.497 e. The molecule has 41 heavy (non-hydrogen) atoms. The number of halogens is 1. The summed E-state index contributed by atoms with van der Waals surface area (Å²) >= 11 is 6.07. The van der Waals surface area contributed by atoms with Crippen molar-refractivity contribution in [1.29, 1.82) is 0 Å². The van der Waals surface area contributed by atoms with Crippen LogP contribution >= 0.6 is 11.6 Å². The zero-order valence-corrected chi connectivity index (χ0v) is 25.5. The van der Waals surface area contributed by atoms with Crippen LogP contribution in [0.3, 0.4) is 0 Å². The molecule has 0 unspecified atom stereocenters. The summed E-state index contributed by atoms with van der Waals surface area (Å²) in [6, 6.07) is 19.1. The minimum absolute atomic E-state index is 0.0559. The first-order chi connectivity index (χ1) is 19.6. The summed E-state index contributed by atoms with van der Waals surface area (Å²) in [5.74, 6) is -0.239. The fraction of sp³-hybridized carbons (Fsp3) is 0.355. The molecule has 0 saturated carbocycles. The number of aryl methyl sites for hydroxylation is 1. The lowest BCUT2D eigenvalue weighted by Crippen LogP contribution is -2.52. The molecule has 0 radical (unpaired) electrons. The first kappa shape index (κ1) is 32.0. The Morgan fingerprint density at radius 3 is 2.15 bits per heavy atom. The molecular weight excluding hydrogens is 562 g/mol. The van der Waals surface area contributed by atoms with Crippen molar-refractivity contribution >= 4 is 39.1 Å². The molecule has 3 aromatic carbocycles. The zero-order chi connectivity index (χ0) is 30.0. The molecule has 1 atom stereocenters. The number of ether oxygens (including phenoxy) is 1. The van der Waals surface area contributed by atoms with E-state index in [1.807, 2.05) is 20.8 Å². The highest BCUT2D eigenvalue weighted by Crippen LogP contribution is 2.27. The Morgan fingerprint density at radius 2 is 1.59 bits per heavy atom. The molecule has 0 bridgehead atoms. The lowest BCUT2D eigenvalue weighted by Gasteiger charge is -2.33. The fourth-order valence-electron chi connectivity index (χ4n) is 4.33. The van der Waals surface area contributed by atoms with Crippen molar-refractivity contribution in [2.45, 2.75) is 57.5 Å². The summed E-state index contributed by atoms with van der Waals surface area (Å²) in [6.45, 7) is 5.82. The number of rotatable bonds is 14. The molecule has 0 aromatic heterocycles. The van der Waals surface area contributed by atoms with Crippen molar-refractivity contribution in [1.82, 2.24) is 10.2 Å². The summed E-state index contributed by atoms with van der Waals surface area (Å²) in [6.07, 6.45) is 2.08. The molecule has 220 valence electrons. The van der Waals surface area contributed by atoms with E-state index in [9.17, 15) is 18.0 Å². The molecular formula is C31H38ClN3O5S. The summed E-state index contributed by atoms with van der Waals surface area (Å²) in [7, 11) is -2.62. The van der Waals surface area contributed by atoms with Crippen LogP contribution in [-0.4, -0.2) is 51.4 Å². The molecule has 0 aliphatic rings. The Hall–Kier alpha value is -3.56. The van der Waals surface area contributed by atoms with Crippen LogP contribution in [0, 0.1) is 6.92 Å². The Morgan fingerprint density at radius 1 is 0.951 bits per heavy atom. The van der Waals surface area contributed by atoms with Crippen LogP contribution in [0.2, 0.25) is 5.02 Å². The van der Waals surface area contributed by atoms with Gasteiger partial charge in [-0.2, -0.15) is 0 Å². The van der Waals surface area contributed by atoms with E-state index < -0.39 is 28.5 Å². The number of methoxy groups -OCH3 is 1. The molecule has 3 rings (SSSR count). The molecule has 0 aliphatic carbocycles. The van der Waals surface area contributed by atoms with Crippen LogP contribution in [0.1, 0.15) is 44.2 Å². The van der Waals surface area contributed by atoms with E-state index in [4.69, 9.17) is 16.3 Å². The number of carbonyl (C=O) groups is 2. The van der Waals surface area contributed by atoms with E-state index in [-0.39, 0.29) is 17.3 Å². The third-order valence-electron chi connectivity index (χ3n) is 6.73. The maximum absolute atomic E-state index is 14.1.